The van der Waals surface area contributed by atoms with Crippen LogP contribution in [-0.2, 0) is 6.54 Å². The van der Waals surface area contributed by atoms with E-state index in [0.29, 0.717) is 5.92 Å². The van der Waals surface area contributed by atoms with Crippen molar-refractivity contribution >= 4 is 12.4 Å². The van der Waals surface area contributed by atoms with Gasteiger partial charge in [-0.05, 0) is 30.4 Å². The summed E-state index contributed by atoms with van der Waals surface area (Å²) in [5.41, 5.74) is 3.95. The molecular formula is C19H24ClNO. The number of aryl methyl sites for hydroxylation is 1. The minimum absolute atomic E-state index is 0. The number of benzene rings is 2. The molecule has 1 fully saturated rings. The Hall–Kier alpha value is -1.35. The number of piperidine rings is 1. The van der Waals surface area contributed by atoms with Gasteiger partial charge in [-0.15, -0.1) is 12.4 Å². The van der Waals surface area contributed by atoms with Crippen LogP contribution in [0.25, 0.3) is 0 Å². The van der Waals surface area contributed by atoms with E-state index in [0.717, 1.165) is 26.1 Å². The van der Waals surface area contributed by atoms with Gasteiger partial charge in [0.1, 0.15) is 0 Å². The molecule has 3 heteroatoms. The van der Waals surface area contributed by atoms with Crippen LogP contribution in [0.2, 0.25) is 0 Å². The first-order valence-corrected chi connectivity index (χ1v) is 7.71. The molecule has 2 atom stereocenters. The summed E-state index contributed by atoms with van der Waals surface area (Å²) in [6.45, 7) is 4.83. The van der Waals surface area contributed by atoms with Gasteiger partial charge in [0.05, 0.1) is 6.10 Å². The highest BCUT2D eigenvalue weighted by molar-refractivity contribution is 5.85. The Morgan fingerprint density at radius 3 is 2.36 bits per heavy atom. The van der Waals surface area contributed by atoms with Crippen molar-refractivity contribution in [2.24, 2.45) is 0 Å². The fraction of sp³-hybridized carbons (Fsp3) is 0.368. The minimum Gasteiger partial charge on any atom is -0.392 e. The molecule has 118 valence electrons. The van der Waals surface area contributed by atoms with Crippen molar-refractivity contribution in [2.75, 3.05) is 13.1 Å². The molecule has 2 aromatic carbocycles. The van der Waals surface area contributed by atoms with Gasteiger partial charge in [-0.3, -0.25) is 4.90 Å². The number of nitrogens with zero attached hydrogens (tertiary/aromatic N) is 1. The number of hydrogen-bond acceptors (Lipinski definition) is 2. The maximum atomic E-state index is 10.2. The lowest BCUT2D eigenvalue weighted by molar-refractivity contribution is 0.0549. The van der Waals surface area contributed by atoms with E-state index in [1.807, 2.05) is 6.07 Å². The average molecular weight is 318 g/mol. The monoisotopic (exact) mass is 317 g/mol. The average Bonchev–Trinajstić information content (AvgIpc) is 2.48. The van der Waals surface area contributed by atoms with E-state index in [2.05, 4.69) is 60.4 Å². The number of aliphatic hydroxyl groups is 1. The third-order valence-corrected chi connectivity index (χ3v) is 4.30. The van der Waals surface area contributed by atoms with Gasteiger partial charge in [-0.1, -0.05) is 60.2 Å². The van der Waals surface area contributed by atoms with Crippen LogP contribution >= 0.6 is 12.4 Å². The molecule has 1 N–H and O–H groups in total. The molecule has 0 bridgehead atoms. The number of likely N-dealkylation sites (tertiary alicyclic amines) is 1. The van der Waals surface area contributed by atoms with Gasteiger partial charge < -0.3 is 5.11 Å². The van der Waals surface area contributed by atoms with Crippen molar-refractivity contribution in [2.45, 2.75) is 31.9 Å². The molecule has 0 aromatic heterocycles. The summed E-state index contributed by atoms with van der Waals surface area (Å²) in [6, 6.07) is 19.3. The summed E-state index contributed by atoms with van der Waals surface area (Å²) >= 11 is 0. The van der Waals surface area contributed by atoms with Crippen LogP contribution in [0.15, 0.2) is 54.6 Å². The summed E-state index contributed by atoms with van der Waals surface area (Å²) in [6.07, 6.45) is 0.641. The van der Waals surface area contributed by atoms with Crippen LogP contribution in [0.5, 0.6) is 0 Å². The first-order chi connectivity index (χ1) is 10.2. The summed E-state index contributed by atoms with van der Waals surface area (Å²) in [5.74, 6) is 0.429. The molecule has 1 saturated heterocycles. The van der Waals surface area contributed by atoms with Crippen molar-refractivity contribution in [3.05, 3.63) is 71.3 Å². The number of hydrogen-bond donors (Lipinski definition) is 1. The van der Waals surface area contributed by atoms with Crippen molar-refractivity contribution in [3.8, 4) is 0 Å². The lowest BCUT2D eigenvalue weighted by Gasteiger charge is -2.36. The zero-order valence-corrected chi connectivity index (χ0v) is 13.8. The predicted octanol–water partition coefficient (Wildman–Crippen LogP) is 3.77. The van der Waals surface area contributed by atoms with Crippen LogP contribution < -0.4 is 0 Å². The van der Waals surface area contributed by atoms with E-state index in [4.69, 9.17) is 0 Å². The zero-order chi connectivity index (χ0) is 14.7. The van der Waals surface area contributed by atoms with E-state index in [1.54, 1.807) is 0 Å². The third-order valence-electron chi connectivity index (χ3n) is 4.30. The lowest BCUT2D eigenvalue weighted by atomic mass is 9.88. The molecule has 1 aliphatic rings. The Kier molecular flexibility index (Phi) is 6.01. The second kappa shape index (κ2) is 7.77. The van der Waals surface area contributed by atoms with E-state index in [9.17, 15) is 5.11 Å². The molecule has 2 aromatic rings. The van der Waals surface area contributed by atoms with Crippen LogP contribution in [0.4, 0.5) is 0 Å². The van der Waals surface area contributed by atoms with Gasteiger partial charge >= 0.3 is 0 Å². The first kappa shape index (κ1) is 17.0. The van der Waals surface area contributed by atoms with Gasteiger partial charge in [-0.2, -0.15) is 0 Å². The number of halogens is 1. The Balaban J connectivity index is 0.00000176. The molecule has 0 aliphatic carbocycles. The quantitative estimate of drug-likeness (QED) is 0.931. The van der Waals surface area contributed by atoms with Crippen LogP contribution in [0.3, 0.4) is 0 Å². The normalized spacial score (nSPS) is 22.1. The van der Waals surface area contributed by atoms with Crippen molar-refractivity contribution in [3.63, 3.8) is 0 Å². The Morgan fingerprint density at radius 1 is 1.00 bits per heavy atom. The maximum absolute atomic E-state index is 10.2. The number of aliphatic hydroxyl groups excluding tert-OH is 1. The van der Waals surface area contributed by atoms with E-state index >= 15 is 0 Å². The van der Waals surface area contributed by atoms with E-state index in [1.165, 1.54) is 16.7 Å². The molecule has 0 radical (unpaired) electrons. The third kappa shape index (κ3) is 4.33. The second-order valence-electron chi connectivity index (χ2n) is 6.18. The summed E-state index contributed by atoms with van der Waals surface area (Å²) in [5, 5.41) is 10.2. The molecule has 0 unspecified atom stereocenters. The van der Waals surface area contributed by atoms with E-state index < -0.39 is 0 Å². The fourth-order valence-corrected chi connectivity index (χ4v) is 3.21. The maximum Gasteiger partial charge on any atom is 0.0673 e. The van der Waals surface area contributed by atoms with Crippen molar-refractivity contribution in [1.29, 1.82) is 0 Å². The molecule has 0 spiro atoms. The molecule has 1 heterocycles. The Labute approximate surface area is 139 Å². The molecular weight excluding hydrogens is 294 g/mol. The summed E-state index contributed by atoms with van der Waals surface area (Å²) in [7, 11) is 0. The molecule has 22 heavy (non-hydrogen) atoms. The van der Waals surface area contributed by atoms with Crippen LogP contribution in [0.1, 0.15) is 29.0 Å². The topological polar surface area (TPSA) is 23.5 Å². The van der Waals surface area contributed by atoms with Gasteiger partial charge in [-0.25, -0.2) is 0 Å². The summed E-state index contributed by atoms with van der Waals surface area (Å²) < 4.78 is 0. The highest BCUT2D eigenvalue weighted by atomic mass is 35.5. The highest BCUT2D eigenvalue weighted by Crippen LogP contribution is 2.28. The van der Waals surface area contributed by atoms with Gasteiger partial charge in [0, 0.05) is 19.6 Å². The predicted molar refractivity (Wildman–Crippen MR) is 93.5 cm³/mol. The first-order valence-electron chi connectivity index (χ1n) is 7.71. The van der Waals surface area contributed by atoms with Crippen LogP contribution in [0, 0.1) is 6.92 Å². The van der Waals surface area contributed by atoms with E-state index in [-0.39, 0.29) is 18.5 Å². The SMILES string of the molecule is Cc1ccc([C@H]2C[C@@H](O)CN(Cc3ccccc3)C2)cc1.Cl. The molecule has 0 amide bonds. The van der Waals surface area contributed by atoms with Gasteiger partial charge in [0.25, 0.3) is 0 Å². The number of rotatable bonds is 3. The zero-order valence-electron chi connectivity index (χ0n) is 13.0. The Bertz CT molecular complexity index is 570. The van der Waals surface area contributed by atoms with Crippen LogP contribution in [-0.4, -0.2) is 29.2 Å². The van der Waals surface area contributed by atoms with Crippen molar-refractivity contribution < 1.29 is 5.11 Å². The summed E-state index contributed by atoms with van der Waals surface area (Å²) in [4.78, 5) is 2.37. The van der Waals surface area contributed by atoms with Gasteiger partial charge in [0.15, 0.2) is 0 Å². The fourth-order valence-electron chi connectivity index (χ4n) is 3.21. The largest absolute Gasteiger partial charge is 0.392 e. The Morgan fingerprint density at radius 2 is 1.68 bits per heavy atom. The minimum atomic E-state index is -0.228. The lowest BCUT2D eigenvalue weighted by Crippen LogP contribution is -2.41. The van der Waals surface area contributed by atoms with Crippen molar-refractivity contribution in [1.82, 2.24) is 4.90 Å². The molecule has 0 saturated carbocycles. The molecule has 3 rings (SSSR count). The number of β-amino-alcohol motifs (C(OH)–C–C–N with tert-alkyl or cyclic N) is 1. The molecule has 1 aliphatic heterocycles. The molecule has 2 nitrogen and oxygen atoms in total. The highest BCUT2D eigenvalue weighted by Gasteiger charge is 2.26. The standard InChI is InChI=1S/C19H23NO.ClH/c1-15-7-9-17(10-8-15)18-11-19(21)14-20(13-18)12-16-5-3-2-4-6-16;/h2-10,18-19,21H,11-14H2,1H3;1H/t18-,19+;/m0./s1. The van der Waals surface area contributed by atoms with Gasteiger partial charge in [0.2, 0.25) is 0 Å². The second-order valence-corrected chi connectivity index (χ2v) is 6.18. The smallest absolute Gasteiger partial charge is 0.0673 e.